The maximum absolute atomic E-state index is 12.6. The monoisotopic (exact) mass is 408 g/mol. The molecule has 0 aliphatic heterocycles. The molecule has 0 saturated heterocycles. The molecule has 4 rings (SSSR count). The zero-order chi connectivity index (χ0) is 17.4. The molecule has 2 aromatic heterocycles. The molecule has 1 atom stereocenters. The number of carbonyl (C=O) groups excluding carboxylic acids is 1. The fraction of sp³-hybridized carbons (Fsp3) is 0.333. The third-order valence-electron chi connectivity index (χ3n) is 4.76. The summed E-state index contributed by atoms with van der Waals surface area (Å²) in [4.78, 5) is 16.7. The first-order valence-electron chi connectivity index (χ1n) is 8.45. The van der Waals surface area contributed by atoms with Crippen molar-refractivity contribution in [3.8, 4) is 5.69 Å². The molecule has 1 unspecified atom stereocenters. The molecule has 1 amide bonds. The van der Waals surface area contributed by atoms with Crippen LogP contribution in [0.15, 0.2) is 36.7 Å². The first-order chi connectivity index (χ1) is 12.2. The van der Waals surface area contributed by atoms with Gasteiger partial charge in [0.05, 0.1) is 11.4 Å². The second kappa shape index (κ2) is 8.65. The zero-order valence-corrected chi connectivity index (χ0v) is 16.5. The van der Waals surface area contributed by atoms with Crippen LogP contribution in [0.25, 0.3) is 16.5 Å². The van der Waals surface area contributed by atoms with Crippen LogP contribution in [0, 0.1) is 12.8 Å². The van der Waals surface area contributed by atoms with Gasteiger partial charge in [0, 0.05) is 35.8 Å². The molecule has 0 bridgehead atoms. The second-order valence-electron chi connectivity index (χ2n) is 6.46. The van der Waals surface area contributed by atoms with Gasteiger partial charge in [-0.2, -0.15) is 0 Å². The fourth-order valence-electron chi connectivity index (χ4n) is 3.16. The molecule has 1 aliphatic rings. The molecule has 9 heteroatoms. The Bertz CT molecular complexity index is 935. The van der Waals surface area contributed by atoms with Crippen LogP contribution >= 0.6 is 24.8 Å². The van der Waals surface area contributed by atoms with Crippen LogP contribution < -0.4 is 11.1 Å². The standard InChI is InChI=1S/C18H20N6O.2ClH/c1-11-17(18(25)21-15(9-19)12-5-6-12)22-23-24(11)16-4-2-3-13-10-20-8-7-14(13)16;;/h2-4,7-8,10,12,15H,5-6,9,19H2,1H3,(H,21,25);2*1H. The van der Waals surface area contributed by atoms with Gasteiger partial charge < -0.3 is 11.1 Å². The number of amides is 1. The number of nitrogens with two attached hydrogens (primary N) is 1. The summed E-state index contributed by atoms with van der Waals surface area (Å²) < 4.78 is 1.70. The van der Waals surface area contributed by atoms with Crippen molar-refractivity contribution < 1.29 is 4.79 Å². The minimum absolute atomic E-state index is 0. The smallest absolute Gasteiger partial charge is 0.274 e. The number of nitrogens with zero attached hydrogens (tertiary/aromatic N) is 4. The highest BCUT2D eigenvalue weighted by molar-refractivity contribution is 5.94. The summed E-state index contributed by atoms with van der Waals surface area (Å²) >= 11 is 0. The highest BCUT2D eigenvalue weighted by Gasteiger charge is 2.32. The molecule has 0 radical (unpaired) electrons. The van der Waals surface area contributed by atoms with Gasteiger partial charge in [-0.1, -0.05) is 17.3 Å². The number of fused-ring (bicyclic) bond motifs is 1. The lowest BCUT2D eigenvalue weighted by Crippen LogP contribution is -2.42. The lowest BCUT2D eigenvalue weighted by atomic mass is 10.1. The Morgan fingerprint density at radius 1 is 1.33 bits per heavy atom. The first kappa shape index (κ1) is 21.1. The summed E-state index contributed by atoms with van der Waals surface area (Å²) in [6.45, 7) is 2.30. The van der Waals surface area contributed by atoms with E-state index in [1.54, 1.807) is 17.1 Å². The van der Waals surface area contributed by atoms with E-state index >= 15 is 0 Å². The quantitative estimate of drug-likeness (QED) is 0.675. The van der Waals surface area contributed by atoms with Crippen LogP contribution in [0.4, 0.5) is 0 Å². The van der Waals surface area contributed by atoms with E-state index in [0.717, 1.165) is 29.3 Å². The van der Waals surface area contributed by atoms with E-state index in [0.29, 0.717) is 23.9 Å². The van der Waals surface area contributed by atoms with Gasteiger partial charge in [-0.3, -0.25) is 9.78 Å². The van der Waals surface area contributed by atoms with E-state index in [2.05, 4.69) is 20.6 Å². The van der Waals surface area contributed by atoms with Crippen LogP contribution in [0.2, 0.25) is 0 Å². The summed E-state index contributed by atoms with van der Waals surface area (Å²) in [5.41, 5.74) is 7.69. The van der Waals surface area contributed by atoms with Crippen molar-refractivity contribution in [3.63, 3.8) is 0 Å². The molecule has 144 valence electrons. The number of rotatable bonds is 5. The minimum atomic E-state index is -0.215. The van der Waals surface area contributed by atoms with Crippen LogP contribution in [0.1, 0.15) is 29.0 Å². The SMILES string of the molecule is Cc1c(C(=O)NC(CN)C2CC2)nnn1-c1cccc2cnccc12.Cl.Cl. The lowest BCUT2D eigenvalue weighted by molar-refractivity contribution is 0.0927. The Morgan fingerprint density at radius 2 is 2.11 bits per heavy atom. The van der Waals surface area contributed by atoms with Crippen molar-refractivity contribution in [2.75, 3.05) is 6.54 Å². The predicted molar refractivity (Wildman–Crippen MR) is 109 cm³/mol. The molecule has 3 aromatic rings. The summed E-state index contributed by atoms with van der Waals surface area (Å²) in [6, 6.07) is 7.84. The van der Waals surface area contributed by atoms with E-state index in [4.69, 9.17) is 5.73 Å². The summed E-state index contributed by atoms with van der Waals surface area (Å²) in [6.07, 6.45) is 5.79. The van der Waals surface area contributed by atoms with Crippen molar-refractivity contribution in [2.24, 2.45) is 11.7 Å². The Balaban J connectivity index is 0.00000131. The summed E-state index contributed by atoms with van der Waals surface area (Å²) in [5, 5.41) is 13.3. The molecule has 1 aliphatic carbocycles. The highest BCUT2D eigenvalue weighted by atomic mass is 35.5. The third-order valence-corrected chi connectivity index (χ3v) is 4.76. The molecule has 0 spiro atoms. The summed E-state index contributed by atoms with van der Waals surface area (Å²) in [5.74, 6) is 0.280. The van der Waals surface area contributed by atoms with Gasteiger partial charge in [0.25, 0.3) is 5.91 Å². The Morgan fingerprint density at radius 3 is 2.81 bits per heavy atom. The normalized spacial score (nSPS) is 14.1. The van der Waals surface area contributed by atoms with E-state index in [-0.39, 0.29) is 36.8 Å². The molecule has 1 saturated carbocycles. The van der Waals surface area contributed by atoms with E-state index < -0.39 is 0 Å². The van der Waals surface area contributed by atoms with Crippen molar-refractivity contribution >= 4 is 41.5 Å². The number of pyridine rings is 1. The average molecular weight is 409 g/mol. The van der Waals surface area contributed by atoms with Crippen molar-refractivity contribution in [1.29, 1.82) is 0 Å². The van der Waals surface area contributed by atoms with Crippen molar-refractivity contribution in [3.05, 3.63) is 48.0 Å². The summed E-state index contributed by atoms with van der Waals surface area (Å²) in [7, 11) is 0. The Hall–Kier alpha value is -2.22. The number of nitrogens with one attached hydrogen (secondary N) is 1. The van der Waals surface area contributed by atoms with E-state index in [9.17, 15) is 4.79 Å². The Kier molecular flexibility index (Phi) is 6.75. The molecule has 7 nitrogen and oxygen atoms in total. The lowest BCUT2D eigenvalue weighted by Gasteiger charge is -2.15. The molecule has 2 heterocycles. The topological polar surface area (TPSA) is 98.7 Å². The van der Waals surface area contributed by atoms with Crippen molar-refractivity contribution in [2.45, 2.75) is 25.8 Å². The van der Waals surface area contributed by atoms with Gasteiger partial charge in [-0.25, -0.2) is 4.68 Å². The second-order valence-corrected chi connectivity index (χ2v) is 6.46. The largest absolute Gasteiger partial charge is 0.346 e. The van der Waals surface area contributed by atoms with Gasteiger partial charge in [-0.15, -0.1) is 29.9 Å². The number of aromatic nitrogens is 4. The number of carbonyl (C=O) groups is 1. The van der Waals surface area contributed by atoms with Crippen LogP contribution in [0.3, 0.4) is 0 Å². The number of hydrogen-bond donors (Lipinski definition) is 2. The Labute approximate surface area is 169 Å². The number of halogens is 2. The third kappa shape index (κ3) is 4.05. The maximum Gasteiger partial charge on any atom is 0.274 e. The van der Waals surface area contributed by atoms with Gasteiger partial charge in [0.2, 0.25) is 0 Å². The fourth-order valence-corrected chi connectivity index (χ4v) is 3.16. The molecular formula is C18H22Cl2N6O. The number of benzene rings is 1. The molecule has 27 heavy (non-hydrogen) atoms. The van der Waals surface area contributed by atoms with Gasteiger partial charge in [-0.05, 0) is 37.8 Å². The highest BCUT2D eigenvalue weighted by Crippen LogP contribution is 2.32. The van der Waals surface area contributed by atoms with Crippen LogP contribution in [0.5, 0.6) is 0 Å². The van der Waals surface area contributed by atoms with Crippen molar-refractivity contribution in [1.82, 2.24) is 25.3 Å². The van der Waals surface area contributed by atoms with E-state index in [1.165, 1.54) is 0 Å². The number of hydrogen-bond acceptors (Lipinski definition) is 5. The van der Waals surface area contributed by atoms with Gasteiger partial charge in [0.1, 0.15) is 0 Å². The van der Waals surface area contributed by atoms with E-state index in [1.807, 2.05) is 31.2 Å². The maximum atomic E-state index is 12.6. The molecular weight excluding hydrogens is 387 g/mol. The van der Waals surface area contributed by atoms with Crippen LogP contribution in [-0.2, 0) is 0 Å². The predicted octanol–water partition coefficient (Wildman–Crippen LogP) is 2.43. The van der Waals surface area contributed by atoms with Gasteiger partial charge >= 0.3 is 0 Å². The molecule has 3 N–H and O–H groups in total. The average Bonchev–Trinajstić information content (AvgIpc) is 3.41. The molecule has 1 fully saturated rings. The van der Waals surface area contributed by atoms with Gasteiger partial charge in [0.15, 0.2) is 5.69 Å². The zero-order valence-electron chi connectivity index (χ0n) is 14.8. The van der Waals surface area contributed by atoms with Crippen LogP contribution in [-0.4, -0.2) is 38.5 Å². The minimum Gasteiger partial charge on any atom is -0.346 e. The molecule has 1 aromatic carbocycles. The first-order valence-corrected chi connectivity index (χ1v) is 8.45.